The van der Waals surface area contributed by atoms with E-state index >= 15 is 0 Å². The summed E-state index contributed by atoms with van der Waals surface area (Å²) in [6, 6.07) is 9.73. The summed E-state index contributed by atoms with van der Waals surface area (Å²) in [6.45, 7) is 0. The Hall–Kier alpha value is -3.02. The minimum absolute atomic E-state index is 0.167. The number of halogens is 1. The minimum Gasteiger partial charge on any atom is -0.322 e. The summed E-state index contributed by atoms with van der Waals surface area (Å²) in [5.74, 6) is -1.79. The average Bonchev–Trinajstić information content (AvgIpc) is 2.72. The van der Waals surface area contributed by atoms with Crippen LogP contribution in [0.1, 0.15) is 31.1 Å². The quantitative estimate of drug-likeness (QED) is 0.865. The smallest absolute Gasteiger partial charge is 0.261 e. The van der Waals surface area contributed by atoms with Crippen LogP contribution in [-0.4, -0.2) is 29.7 Å². The number of hydrogen-bond donors (Lipinski definition) is 1. The van der Waals surface area contributed by atoms with Crippen molar-refractivity contribution in [2.45, 2.75) is 0 Å². The first-order valence-electron chi connectivity index (χ1n) is 6.51. The highest BCUT2D eigenvalue weighted by atomic mass is 19.1. The van der Waals surface area contributed by atoms with Gasteiger partial charge in [0.05, 0.1) is 11.1 Å². The molecule has 0 fully saturated rings. The fourth-order valence-electron chi connectivity index (χ4n) is 2.27. The molecule has 5 nitrogen and oxygen atoms in total. The van der Waals surface area contributed by atoms with Gasteiger partial charge in [-0.2, -0.15) is 0 Å². The van der Waals surface area contributed by atoms with E-state index in [1.54, 1.807) is 0 Å². The van der Waals surface area contributed by atoms with Gasteiger partial charge in [0, 0.05) is 18.3 Å². The number of nitrogens with zero attached hydrogens (tertiary/aromatic N) is 1. The third-order valence-corrected chi connectivity index (χ3v) is 3.43. The highest BCUT2D eigenvalue weighted by Crippen LogP contribution is 2.25. The van der Waals surface area contributed by atoms with Crippen molar-refractivity contribution in [3.63, 3.8) is 0 Å². The zero-order valence-corrected chi connectivity index (χ0v) is 11.6. The molecule has 0 saturated heterocycles. The van der Waals surface area contributed by atoms with Gasteiger partial charge in [-0.25, -0.2) is 4.39 Å². The predicted molar refractivity (Wildman–Crippen MR) is 77.2 cm³/mol. The summed E-state index contributed by atoms with van der Waals surface area (Å²) in [4.78, 5) is 36.7. The van der Waals surface area contributed by atoms with E-state index in [0.29, 0.717) is 11.3 Å². The molecular formula is C16H11FN2O3. The maximum atomic E-state index is 13.1. The van der Waals surface area contributed by atoms with Crippen LogP contribution < -0.4 is 5.32 Å². The molecule has 22 heavy (non-hydrogen) atoms. The molecule has 0 unspecified atom stereocenters. The molecule has 2 aromatic rings. The number of nitrogens with one attached hydrogen (secondary N) is 1. The van der Waals surface area contributed by atoms with Crippen molar-refractivity contribution < 1.29 is 18.8 Å². The number of hydrogen-bond acceptors (Lipinski definition) is 3. The first kappa shape index (κ1) is 13.9. The van der Waals surface area contributed by atoms with E-state index in [2.05, 4.69) is 5.32 Å². The largest absolute Gasteiger partial charge is 0.322 e. The summed E-state index contributed by atoms with van der Waals surface area (Å²) in [5, 5.41) is 2.58. The molecule has 2 aromatic carbocycles. The zero-order valence-electron chi connectivity index (χ0n) is 11.6. The lowest BCUT2D eigenvalue weighted by Gasteiger charge is -2.06. The van der Waals surface area contributed by atoms with Crippen molar-refractivity contribution in [1.82, 2.24) is 4.90 Å². The Labute approximate surface area is 125 Å². The third kappa shape index (κ3) is 2.24. The molecule has 1 aliphatic rings. The summed E-state index contributed by atoms with van der Waals surface area (Å²) in [6.07, 6.45) is 0. The van der Waals surface area contributed by atoms with Gasteiger partial charge < -0.3 is 5.32 Å². The Morgan fingerprint density at radius 2 is 1.77 bits per heavy atom. The number of amides is 3. The molecule has 1 heterocycles. The first-order chi connectivity index (χ1) is 10.5. The Bertz CT molecular complexity index is 817. The standard InChI is InChI=1S/C16H11FN2O3/c1-19-15(21)12-6-5-11(8-13(12)16(19)22)18-14(20)9-3-2-4-10(17)7-9/h2-8H,1H3,(H,18,20). The van der Waals surface area contributed by atoms with Gasteiger partial charge in [-0.1, -0.05) is 6.07 Å². The van der Waals surface area contributed by atoms with E-state index in [1.807, 2.05) is 0 Å². The molecule has 0 aliphatic carbocycles. The summed E-state index contributed by atoms with van der Waals surface area (Å²) in [5.41, 5.74) is 1.07. The van der Waals surface area contributed by atoms with Crippen LogP contribution in [0.5, 0.6) is 0 Å². The van der Waals surface area contributed by atoms with Crippen LogP contribution in [0.15, 0.2) is 42.5 Å². The lowest BCUT2D eigenvalue weighted by molar-refractivity contribution is 0.0692. The maximum absolute atomic E-state index is 13.1. The average molecular weight is 298 g/mol. The van der Waals surface area contributed by atoms with Crippen molar-refractivity contribution in [3.05, 3.63) is 65.0 Å². The van der Waals surface area contributed by atoms with Crippen LogP contribution in [-0.2, 0) is 0 Å². The second-order valence-electron chi connectivity index (χ2n) is 4.89. The highest BCUT2D eigenvalue weighted by molar-refractivity contribution is 6.21. The third-order valence-electron chi connectivity index (χ3n) is 3.43. The molecule has 6 heteroatoms. The van der Waals surface area contributed by atoms with Crippen molar-refractivity contribution in [3.8, 4) is 0 Å². The lowest BCUT2D eigenvalue weighted by Crippen LogP contribution is -2.24. The molecule has 0 aromatic heterocycles. The highest BCUT2D eigenvalue weighted by Gasteiger charge is 2.32. The minimum atomic E-state index is -0.510. The number of imide groups is 1. The van der Waals surface area contributed by atoms with Crippen LogP contribution >= 0.6 is 0 Å². The number of fused-ring (bicyclic) bond motifs is 1. The Balaban J connectivity index is 1.88. The molecule has 110 valence electrons. The second kappa shape index (κ2) is 5.07. The molecule has 0 atom stereocenters. The molecule has 1 N–H and O–H groups in total. The van der Waals surface area contributed by atoms with E-state index in [1.165, 1.54) is 43.4 Å². The summed E-state index contributed by atoms with van der Waals surface area (Å²) in [7, 11) is 1.40. The van der Waals surface area contributed by atoms with Crippen LogP contribution in [0.3, 0.4) is 0 Å². The second-order valence-corrected chi connectivity index (χ2v) is 4.89. The molecule has 0 radical (unpaired) electrons. The number of rotatable bonds is 2. The van der Waals surface area contributed by atoms with E-state index in [4.69, 9.17) is 0 Å². The fourth-order valence-corrected chi connectivity index (χ4v) is 2.27. The Morgan fingerprint density at radius 3 is 2.50 bits per heavy atom. The van der Waals surface area contributed by atoms with Gasteiger partial charge in [0.15, 0.2) is 0 Å². The normalized spacial score (nSPS) is 13.3. The van der Waals surface area contributed by atoms with Crippen molar-refractivity contribution in [1.29, 1.82) is 0 Å². The molecule has 1 aliphatic heterocycles. The number of carbonyl (C=O) groups excluding carboxylic acids is 3. The van der Waals surface area contributed by atoms with Crippen LogP contribution in [0.4, 0.5) is 10.1 Å². The Kier molecular flexibility index (Phi) is 3.21. The van der Waals surface area contributed by atoms with Crippen molar-refractivity contribution >= 4 is 23.4 Å². The number of carbonyl (C=O) groups is 3. The Morgan fingerprint density at radius 1 is 1.05 bits per heavy atom. The fraction of sp³-hybridized carbons (Fsp3) is 0.0625. The van der Waals surface area contributed by atoms with Crippen LogP contribution in [0, 0.1) is 5.82 Å². The SMILES string of the molecule is CN1C(=O)c2ccc(NC(=O)c3cccc(F)c3)cc2C1=O. The van der Waals surface area contributed by atoms with E-state index in [0.717, 1.165) is 11.0 Å². The van der Waals surface area contributed by atoms with Crippen LogP contribution in [0.2, 0.25) is 0 Å². The molecule has 3 amide bonds. The summed E-state index contributed by atoms with van der Waals surface area (Å²) < 4.78 is 13.1. The first-order valence-corrected chi connectivity index (χ1v) is 6.51. The van der Waals surface area contributed by atoms with Gasteiger partial charge in [-0.15, -0.1) is 0 Å². The van der Waals surface area contributed by atoms with Crippen LogP contribution in [0.25, 0.3) is 0 Å². The molecular weight excluding hydrogens is 287 g/mol. The monoisotopic (exact) mass is 298 g/mol. The molecule has 3 rings (SSSR count). The zero-order chi connectivity index (χ0) is 15.9. The van der Waals surface area contributed by atoms with Gasteiger partial charge in [0.1, 0.15) is 5.82 Å². The molecule has 0 spiro atoms. The van der Waals surface area contributed by atoms with Gasteiger partial charge >= 0.3 is 0 Å². The van der Waals surface area contributed by atoms with Gasteiger partial charge in [-0.3, -0.25) is 19.3 Å². The van der Waals surface area contributed by atoms with Crippen molar-refractivity contribution in [2.24, 2.45) is 0 Å². The van der Waals surface area contributed by atoms with E-state index in [-0.39, 0.29) is 17.0 Å². The summed E-state index contributed by atoms with van der Waals surface area (Å²) >= 11 is 0. The van der Waals surface area contributed by atoms with E-state index < -0.39 is 17.6 Å². The van der Waals surface area contributed by atoms with Crippen molar-refractivity contribution in [2.75, 3.05) is 12.4 Å². The maximum Gasteiger partial charge on any atom is 0.261 e. The molecule has 0 bridgehead atoms. The number of anilines is 1. The van der Waals surface area contributed by atoms with Gasteiger partial charge in [0.2, 0.25) is 0 Å². The van der Waals surface area contributed by atoms with Gasteiger partial charge in [0.25, 0.3) is 17.7 Å². The topological polar surface area (TPSA) is 66.5 Å². The van der Waals surface area contributed by atoms with Gasteiger partial charge in [-0.05, 0) is 36.4 Å². The van der Waals surface area contributed by atoms with E-state index in [9.17, 15) is 18.8 Å². The lowest BCUT2D eigenvalue weighted by atomic mass is 10.1. The predicted octanol–water partition coefficient (Wildman–Crippen LogP) is 2.30. The molecule has 0 saturated carbocycles. The number of benzene rings is 2.